The zero-order chi connectivity index (χ0) is 11.3. The Balaban J connectivity index is 2.68. The van der Waals surface area contributed by atoms with Crippen LogP contribution in [0.5, 0.6) is 0 Å². The lowest BCUT2D eigenvalue weighted by Gasteiger charge is -2.20. The summed E-state index contributed by atoms with van der Waals surface area (Å²) in [5.74, 6) is -0.285. The molecular weight excluding hydrogens is 197 g/mol. The van der Waals surface area contributed by atoms with Gasteiger partial charge in [-0.25, -0.2) is 4.39 Å². The van der Waals surface area contributed by atoms with Crippen LogP contribution in [0.15, 0.2) is 24.3 Å². The summed E-state index contributed by atoms with van der Waals surface area (Å²) in [6.07, 6.45) is 0. The minimum Gasteiger partial charge on any atom is -0.395 e. The average Bonchev–Trinajstić information content (AvgIpc) is 2.26. The second kappa shape index (κ2) is 5.80. The number of hydrogen-bond acceptors (Lipinski definition) is 3. The van der Waals surface area contributed by atoms with E-state index in [0.29, 0.717) is 5.56 Å². The quantitative estimate of drug-likeness (QED) is 0.679. The van der Waals surface area contributed by atoms with Gasteiger partial charge in [-0.15, -0.1) is 0 Å². The van der Waals surface area contributed by atoms with Crippen LogP contribution in [-0.2, 0) is 0 Å². The van der Waals surface area contributed by atoms with Crippen LogP contribution in [0.25, 0.3) is 0 Å². The molecule has 0 bridgehead atoms. The molecule has 4 heteroatoms. The monoisotopic (exact) mass is 213 g/mol. The second-order valence-electron chi connectivity index (χ2n) is 3.47. The van der Waals surface area contributed by atoms with Crippen molar-refractivity contribution in [2.24, 2.45) is 0 Å². The highest BCUT2D eigenvalue weighted by molar-refractivity contribution is 5.20. The molecule has 0 aromatic heterocycles. The summed E-state index contributed by atoms with van der Waals surface area (Å²) < 4.78 is 13.3. The zero-order valence-electron chi connectivity index (χ0n) is 8.65. The maximum absolute atomic E-state index is 13.3. The van der Waals surface area contributed by atoms with Gasteiger partial charge in [0.05, 0.1) is 19.3 Å². The lowest BCUT2D eigenvalue weighted by atomic mass is 10.1. The lowest BCUT2D eigenvalue weighted by Crippen LogP contribution is -2.37. The number of aliphatic hydroxyl groups is 2. The molecule has 0 radical (unpaired) electrons. The van der Waals surface area contributed by atoms with E-state index < -0.39 is 6.04 Å². The number of benzene rings is 1. The minimum atomic E-state index is -0.417. The SMILES string of the molecule is CC(NC(CO)CO)c1ccccc1F. The molecule has 0 amide bonds. The molecule has 0 aliphatic carbocycles. The van der Waals surface area contributed by atoms with Crippen LogP contribution < -0.4 is 5.32 Å². The molecule has 15 heavy (non-hydrogen) atoms. The van der Waals surface area contributed by atoms with Gasteiger partial charge in [-0.1, -0.05) is 18.2 Å². The first-order chi connectivity index (χ1) is 7.19. The highest BCUT2D eigenvalue weighted by Crippen LogP contribution is 2.16. The maximum atomic E-state index is 13.3. The summed E-state index contributed by atoms with van der Waals surface area (Å²) in [5.41, 5.74) is 0.532. The van der Waals surface area contributed by atoms with Crippen LogP contribution in [0.1, 0.15) is 18.5 Å². The van der Waals surface area contributed by atoms with Crippen molar-refractivity contribution in [3.05, 3.63) is 35.6 Å². The van der Waals surface area contributed by atoms with Crippen molar-refractivity contribution in [1.29, 1.82) is 0 Å². The Morgan fingerprint density at radius 2 is 1.87 bits per heavy atom. The highest BCUT2D eigenvalue weighted by atomic mass is 19.1. The molecule has 1 rings (SSSR count). The van der Waals surface area contributed by atoms with Gasteiger partial charge in [0.2, 0.25) is 0 Å². The Morgan fingerprint density at radius 1 is 1.27 bits per heavy atom. The van der Waals surface area contributed by atoms with Gasteiger partial charge in [-0.05, 0) is 13.0 Å². The largest absolute Gasteiger partial charge is 0.395 e. The summed E-state index contributed by atoms with van der Waals surface area (Å²) in [7, 11) is 0. The smallest absolute Gasteiger partial charge is 0.127 e. The first-order valence-corrected chi connectivity index (χ1v) is 4.91. The summed E-state index contributed by atoms with van der Waals surface area (Å²) in [4.78, 5) is 0. The van der Waals surface area contributed by atoms with Crippen molar-refractivity contribution in [2.75, 3.05) is 13.2 Å². The van der Waals surface area contributed by atoms with Crippen LogP contribution in [0.4, 0.5) is 4.39 Å². The molecule has 0 heterocycles. The Labute approximate surface area is 88.6 Å². The van der Waals surface area contributed by atoms with Gasteiger partial charge >= 0.3 is 0 Å². The molecule has 0 spiro atoms. The topological polar surface area (TPSA) is 52.5 Å². The molecule has 0 aliphatic heterocycles. The molecule has 1 atom stereocenters. The number of hydrogen-bond donors (Lipinski definition) is 3. The van der Waals surface area contributed by atoms with E-state index >= 15 is 0 Å². The molecular formula is C11H16FNO2. The first kappa shape index (κ1) is 12.1. The van der Waals surface area contributed by atoms with Crippen LogP contribution in [0.2, 0.25) is 0 Å². The van der Waals surface area contributed by atoms with E-state index in [2.05, 4.69) is 5.32 Å². The van der Waals surface area contributed by atoms with E-state index in [0.717, 1.165) is 0 Å². The van der Waals surface area contributed by atoms with Gasteiger partial charge in [0.25, 0.3) is 0 Å². The molecule has 84 valence electrons. The normalized spacial score (nSPS) is 13.1. The first-order valence-electron chi connectivity index (χ1n) is 4.91. The molecule has 0 saturated heterocycles. The Bertz CT molecular complexity index is 302. The van der Waals surface area contributed by atoms with Crippen molar-refractivity contribution in [1.82, 2.24) is 5.32 Å². The molecule has 3 nitrogen and oxygen atoms in total. The average molecular weight is 213 g/mol. The van der Waals surface area contributed by atoms with E-state index in [-0.39, 0.29) is 25.1 Å². The van der Waals surface area contributed by atoms with Gasteiger partial charge in [0, 0.05) is 11.6 Å². The van der Waals surface area contributed by atoms with Gasteiger partial charge in [-0.2, -0.15) is 0 Å². The van der Waals surface area contributed by atoms with Crippen LogP contribution in [-0.4, -0.2) is 29.5 Å². The van der Waals surface area contributed by atoms with Crippen molar-refractivity contribution >= 4 is 0 Å². The molecule has 0 saturated carbocycles. The van der Waals surface area contributed by atoms with E-state index in [9.17, 15) is 4.39 Å². The number of nitrogens with one attached hydrogen (secondary N) is 1. The summed E-state index contributed by atoms with van der Waals surface area (Å²) >= 11 is 0. The molecule has 1 aromatic rings. The van der Waals surface area contributed by atoms with Crippen LogP contribution in [0.3, 0.4) is 0 Å². The van der Waals surface area contributed by atoms with Gasteiger partial charge in [-0.3, -0.25) is 0 Å². The third-order valence-corrected chi connectivity index (χ3v) is 2.30. The van der Waals surface area contributed by atoms with Crippen molar-refractivity contribution < 1.29 is 14.6 Å². The molecule has 0 aliphatic rings. The number of rotatable bonds is 5. The Morgan fingerprint density at radius 3 is 2.40 bits per heavy atom. The van der Waals surface area contributed by atoms with E-state index in [1.807, 2.05) is 0 Å². The second-order valence-corrected chi connectivity index (χ2v) is 3.47. The van der Waals surface area contributed by atoms with Gasteiger partial charge in [0.15, 0.2) is 0 Å². The predicted molar refractivity (Wildman–Crippen MR) is 55.9 cm³/mol. The fourth-order valence-corrected chi connectivity index (χ4v) is 1.43. The fourth-order valence-electron chi connectivity index (χ4n) is 1.43. The molecule has 1 aromatic carbocycles. The highest BCUT2D eigenvalue weighted by Gasteiger charge is 2.14. The molecule has 1 unspecified atom stereocenters. The fraction of sp³-hybridized carbons (Fsp3) is 0.455. The third-order valence-electron chi connectivity index (χ3n) is 2.30. The summed E-state index contributed by atoms with van der Waals surface area (Å²) in [6, 6.07) is 5.79. The standard InChI is InChI=1S/C11H16FNO2/c1-8(13-9(6-14)7-15)10-4-2-3-5-11(10)12/h2-5,8-9,13-15H,6-7H2,1H3. The predicted octanol–water partition coefficient (Wildman–Crippen LogP) is 0.829. The zero-order valence-corrected chi connectivity index (χ0v) is 8.65. The Kier molecular flexibility index (Phi) is 4.68. The molecule has 3 N–H and O–H groups in total. The van der Waals surface area contributed by atoms with Gasteiger partial charge < -0.3 is 15.5 Å². The van der Waals surface area contributed by atoms with E-state index in [1.54, 1.807) is 25.1 Å². The van der Waals surface area contributed by atoms with E-state index in [1.165, 1.54) is 6.07 Å². The number of aliphatic hydroxyl groups excluding tert-OH is 2. The van der Waals surface area contributed by atoms with Crippen LogP contribution >= 0.6 is 0 Å². The van der Waals surface area contributed by atoms with Crippen molar-refractivity contribution in [3.8, 4) is 0 Å². The minimum absolute atomic E-state index is 0.171. The number of halogens is 1. The van der Waals surface area contributed by atoms with E-state index in [4.69, 9.17) is 10.2 Å². The van der Waals surface area contributed by atoms with Crippen molar-refractivity contribution in [2.45, 2.75) is 19.0 Å². The van der Waals surface area contributed by atoms with Crippen LogP contribution in [0, 0.1) is 5.82 Å². The maximum Gasteiger partial charge on any atom is 0.127 e. The Hall–Kier alpha value is -0.970. The van der Waals surface area contributed by atoms with Gasteiger partial charge in [0.1, 0.15) is 5.82 Å². The van der Waals surface area contributed by atoms with Crippen molar-refractivity contribution in [3.63, 3.8) is 0 Å². The third kappa shape index (κ3) is 3.27. The summed E-state index contributed by atoms with van der Waals surface area (Å²) in [6.45, 7) is 1.45. The summed E-state index contributed by atoms with van der Waals surface area (Å²) in [5, 5.41) is 20.7. The lowest BCUT2D eigenvalue weighted by molar-refractivity contribution is 0.163. The molecule has 0 fully saturated rings.